The number of pyridine rings is 1. The van der Waals surface area contributed by atoms with Crippen molar-refractivity contribution in [2.45, 2.75) is 13.3 Å². The average Bonchev–Trinajstić information content (AvgIpc) is 2.86. The third kappa shape index (κ3) is 2.08. The van der Waals surface area contributed by atoms with E-state index in [1.165, 1.54) is 13.3 Å². The number of hydrogen-bond donors (Lipinski definition) is 0. The zero-order valence-corrected chi connectivity index (χ0v) is 9.47. The van der Waals surface area contributed by atoms with Crippen LogP contribution in [-0.4, -0.2) is 22.2 Å². The number of nitrogens with zero attached hydrogens (tertiary/aromatic N) is 4. The normalized spacial score (nSPS) is 9.94. The molecule has 2 aromatic rings. The lowest BCUT2D eigenvalue weighted by molar-refractivity contribution is 0.400. The highest BCUT2D eigenvalue weighted by atomic mass is 16.5. The van der Waals surface area contributed by atoms with Crippen molar-refractivity contribution in [1.82, 2.24) is 15.1 Å². The first-order valence-electron chi connectivity index (χ1n) is 5.05. The Bertz CT molecular complexity index is 571. The number of aromatic nitrogens is 3. The van der Waals surface area contributed by atoms with E-state index >= 15 is 0 Å². The van der Waals surface area contributed by atoms with Crippen molar-refractivity contribution >= 4 is 0 Å². The van der Waals surface area contributed by atoms with Crippen LogP contribution < -0.4 is 4.74 Å². The van der Waals surface area contributed by atoms with E-state index in [1.807, 2.05) is 13.0 Å². The Morgan fingerprint density at radius 2 is 2.35 bits per heavy atom. The standard InChI is InChI=1S/C11H10N4O2/c1-3-9-14-11(17-15-9)10-8(16-2)4-7(5-12)6-13-10/h4,6H,3H2,1-2H3. The molecule has 0 aromatic carbocycles. The number of ether oxygens (including phenoxy) is 1. The summed E-state index contributed by atoms with van der Waals surface area (Å²) in [5, 5.41) is 12.5. The molecule has 0 N–H and O–H groups in total. The van der Waals surface area contributed by atoms with Gasteiger partial charge >= 0.3 is 0 Å². The van der Waals surface area contributed by atoms with Gasteiger partial charge in [0.15, 0.2) is 17.3 Å². The number of methoxy groups -OCH3 is 1. The molecule has 0 unspecified atom stereocenters. The van der Waals surface area contributed by atoms with Crippen molar-refractivity contribution < 1.29 is 9.26 Å². The van der Waals surface area contributed by atoms with Crippen LogP contribution >= 0.6 is 0 Å². The summed E-state index contributed by atoms with van der Waals surface area (Å²) in [5.74, 6) is 1.34. The van der Waals surface area contributed by atoms with Crippen molar-refractivity contribution in [3.05, 3.63) is 23.7 Å². The first-order chi connectivity index (χ1) is 8.28. The van der Waals surface area contributed by atoms with Crippen LogP contribution in [0.25, 0.3) is 11.6 Å². The molecule has 0 radical (unpaired) electrons. The van der Waals surface area contributed by atoms with Gasteiger partial charge in [0, 0.05) is 18.7 Å². The van der Waals surface area contributed by atoms with Gasteiger partial charge < -0.3 is 9.26 Å². The Labute approximate surface area is 97.9 Å². The molecule has 0 saturated heterocycles. The minimum atomic E-state index is 0.295. The highest BCUT2D eigenvalue weighted by molar-refractivity contribution is 5.58. The van der Waals surface area contributed by atoms with Crippen LogP contribution in [0.4, 0.5) is 0 Å². The van der Waals surface area contributed by atoms with Crippen LogP contribution in [0.3, 0.4) is 0 Å². The third-order valence-corrected chi connectivity index (χ3v) is 2.19. The van der Waals surface area contributed by atoms with Gasteiger partial charge in [0.1, 0.15) is 6.07 Å². The summed E-state index contributed by atoms with van der Waals surface area (Å²) < 4.78 is 10.2. The van der Waals surface area contributed by atoms with Crippen molar-refractivity contribution in [1.29, 1.82) is 5.26 Å². The Kier molecular flexibility index (Phi) is 3.01. The second-order valence-corrected chi connectivity index (χ2v) is 3.26. The van der Waals surface area contributed by atoms with Crippen LogP contribution in [0, 0.1) is 11.3 Å². The Morgan fingerprint density at radius 3 is 2.94 bits per heavy atom. The summed E-state index contributed by atoms with van der Waals surface area (Å²) in [6.07, 6.45) is 2.12. The molecule has 0 saturated carbocycles. The molecule has 6 heteroatoms. The molecule has 6 nitrogen and oxygen atoms in total. The SMILES string of the molecule is CCc1noc(-c2ncc(C#N)cc2OC)n1. The van der Waals surface area contributed by atoms with Gasteiger partial charge in [-0.3, -0.25) is 0 Å². The zero-order valence-electron chi connectivity index (χ0n) is 9.47. The molecule has 2 heterocycles. The van der Waals surface area contributed by atoms with Gasteiger partial charge in [-0.25, -0.2) is 4.98 Å². The monoisotopic (exact) mass is 230 g/mol. The Morgan fingerprint density at radius 1 is 1.53 bits per heavy atom. The van der Waals surface area contributed by atoms with Gasteiger partial charge in [0.05, 0.1) is 12.7 Å². The maximum atomic E-state index is 8.76. The van der Waals surface area contributed by atoms with Crippen LogP contribution in [0.5, 0.6) is 5.75 Å². The van der Waals surface area contributed by atoms with Crippen LogP contribution in [-0.2, 0) is 6.42 Å². The van der Waals surface area contributed by atoms with Crippen molar-refractivity contribution in [3.8, 4) is 23.4 Å². The van der Waals surface area contributed by atoms with Crippen molar-refractivity contribution in [3.63, 3.8) is 0 Å². The maximum absolute atomic E-state index is 8.76. The van der Waals surface area contributed by atoms with E-state index in [2.05, 4.69) is 15.1 Å². The first-order valence-corrected chi connectivity index (χ1v) is 5.05. The van der Waals surface area contributed by atoms with Crippen LogP contribution in [0.2, 0.25) is 0 Å². The van der Waals surface area contributed by atoms with Gasteiger partial charge in [-0.05, 0) is 0 Å². The molecule has 0 aliphatic rings. The molecule has 0 aliphatic heterocycles. The van der Waals surface area contributed by atoms with Crippen molar-refractivity contribution in [2.75, 3.05) is 7.11 Å². The van der Waals surface area contributed by atoms with E-state index < -0.39 is 0 Å². The van der Waals surface area contributed by atoms with Gasteiger partial charge in [-0.2, -0.15) is 10.2 Å². The molecule has 0 spiro atoms. The fourth-order valence-corrected chi connectivity index (χ4v) is 1.32. The summed E-state index contributed by atoms with van der Waals surface area (Å²) in [5.41, 5.74) is 0.861. The van der Waals surface area contributed by atoms with Gasteiger partial charge in [0.2, 0.25) is 0 Å². The molecule has 0 atom stereocenters. The summed E-state index contributed by atoms with van der Waals surface area (Å²) in [7, 11) is 1.50. The lowest BCUT2D eigenvalue weighted by Crippen LogP contribution is -1.93. The summed E-state index contributed by atoms with van der Waals surface area (Å²) in [4.78, 5) is 8.25. The van der Waals surface area contributed by atoms with E-state index in [9.17, 15) is 0 Å². The predicted octanol–water partition coefficient (Wildman–Crippen LogP) is 1.57. The molecule has 0 fully saturated rings. The lowest BCUT2D eigenvalue weighted by atomic mass is 10.2. The van der Waals surface area contributed by atoms with E-state index in [0.29, 0.717) is 35.1 Å². The topological polar surface area (TPSA) is 84.8 Å². The first kappa shape index (κ1) is 11.1. The summed E-state index contributed by atoms with van der Waals surface area (Å²) in [6, 6.07) is 3.57. The maximum Gasteiger partial charge on any atom is 0.280 e. The molecule has 2 rings (SSSR count). The molecular weight excluding hydrogens is 220 g/mol. The van der Waals surface area contributed by atoms with E-state index in [-0.39, 0.29) is 0 Å². The number of aryl methyl sites for hydroxylation is 1. The largest absolute Gasteiger partial charge is 0.494 e. The van der Waals surface area contributed by atoms with E-state index in [1.54, 1.807) is 6.07 Å². The molecular formula is C11H10N4O2. The summed E-state index contributed by atoms with van der Waals surface area (Å²) >= 11 is 0. The van der Waals surface area contributed by atoms with Crippen molar-refractivity contribution in [2.24, 2.45) is 0 Å². The second-order valence-electron chi connectivity index (χ2n) is 3.26. The minimum Gasteiger partial charge on any atom is -0.494 e. The second kappa shape index (κ2) is 4.61. The fraction of sp³-hybridized carbons (Fsp3) is 0.273. The third-order valence-electron chi connectivity index (χ3n) is 2.19. The van der Waals surface area contributed by atoms with E-state index in [0.717, 1.165) is 0 Å². The minimum absolute atomic E-state index is 0.295. The number of nitriles is 1. The lowest BCUT2D eigenvalue weighted by Gasteiger charge is -2.03. The van der Waals surface area contributed by atoms with Gasteiger partial charge in [-0.15, -0.1) is 0 Å². The average molecular weight is 230 g/mol. The Hall–Kier alpha value is -2.42. The fourth-order valence-electron chi connectivity index (χ4n) is 1.32. The zero-order chi connectivity index (χ0) is 12.3. The molecule has 0 bridgehead atoms. The quantitative estimate of drug-likeness (QED) is 0.795. The van der Waals surface area contributed by atoms with Gasteiger partial charge in [0.25, 0.3) is 5.89 Å². The molecule has 0 aliphatic carbocycles. The number of hydrogen-bond acceptors (Lipinski definition) is 6. The van der Waals surface area contributed by atoms with Gasteiger partial charge in [-0.1, -0.05) is 12.1 Å². The predicted molar refractivity (Wildman–Crippen MR) is 58.2 cm³/mol. The molecule has 2 aromatic heterocycles. The highest BCUT2D eigenvalue weighted by Gasteiger charge is 2.15. The summed E-state index contributed by atoms with van der Waals surface area (Å²) in [6.45, 7) is 1.93. The Balaban J connectivity index is 2.48. The smallest absolute Gasteiger partial charge is 0.280 e. The molecule has 0 amide bonds. The highest BCUT2D eigenvalue weighted by Crippen LogP contribution is 2.26. The van der Waals surface area contributed by atoms with Crippen LogP contribution in [0.1, 0.15) is 18.3 Å². The molecule has 86 valence electrons. The number of rotatable bonds is 3. The van der Waals surface area contributed by atoms with E-state index in [4.69, 9.17) is 14.5 Å². The molecule has 17 heavy (non-hydrogen) atoms. The van der Waals surface area contributed by atoms with Crippen LogP contribution in [0.15, 0.2) is 16.8 Å².